The molecule has 7 heteroatoms. The van der Waals surface area contributed by atoms with Crippen molar-refractivity contribution < 1.29 is 9.18 Å². The van der Waals surface area contributed by atoms with Gasteiger partial charge in [-0.25, -0.2) is 14.4 Å². The zero-order valence-electron chi connectivity index (χ0n) is 16.3. The quantitative estimate of drug-likeness (QED) is 0.411. The number of rotatable bonds is 2. The molecule has 6 nitrogen and oxygen atoms in total. The number of nitriles is 1. The lowest BCUT2D eigenvalue weighted by molar-refractivity contribution is 0.102. The molecule has 0 unspecified atom stereocenters. The predicted molar refractivity (Wildman–Crippen MR) is 118 cm³/mol. The van der Waals surface area contributed by atoms with Crippen LogP contribution in [0, 0.1) is 17.1 Å². The van der Waals surface area contributed by atoms with E-state index in [1.807, 2.05) is 24.3 Å². The van der Waals surface area contributed by atoms with Crippen LogP contribution in [0.25, 0.3) is 27.7 Å². The van der Waals surface area contributed by atoms with Crippen LogP contribution < -0.4 is 5.32 Å². The number of halogens is 1. The van der Waals surface area contributed by atoms with Gasteiger partial charge in [0, 0.05) is 11.8 Å². The maximum atomic E-state index is 13.1. The number of carbonyl (C=O) groups excluding carboxylic acids is 1. The molecule has 31 heavy (non-hydrogen) atoms. The van der Waals surface area contributed by atoms with E-state index in [2.05, 4.69) is 34.5 Å². The second-order valence-corrected chi connectivity index (χ2v) is 6.51. The lowest BCUT2D eigenvalue weighted by Gasteiger charge is -2.07. The van der Waals surface area contributed by atoms with E-state index in [1.165, 1.54) is 24.3 Å². The van der Waals surface area contributed by atoms with Crippen molar-refractivity contribution in [2.24, 2.45) is 0 Å². The number of nitrogens with one attached hydrogen (secondary N) is 1. The first kappa shape index (κ1) is 19.7. The predicted octanol–water partition coefficient (Wildman–Crippen LogP) is 5.10. The molecule has 0 spiro atoms. The van der Waals surface area contributed by atoms with Crippen molar-refractivity contribution in [3.8, 4) is 6.07 Å². The smallest absolute Gasteiger partial charge is 0.255 e. The molecule has 0 aliphatic carbocycles. The van der Waals surface area contributed by atoms with Gasteiger partial charge in [0.15, 0.2) is 5.65 Å². The van der Waals surface area contributed by atoms with Gasteiger partial charge in [-0.15, -0.1) is 13.2 Å². The number of hydrogen-bond donors (Lipinski definition) is 1. The Kier molecular flexibility index (Phi) is 5.12. The third-order valence-electron chi connectivity index (χ3n) is 4.70. The number of para-hydroxylation sites is 2. The van der Waals surface area contributed by atoms with E-state index in [0.717, 1.165) is 0 Å². The molecule has 0 saturated heterocycles. The summed E-state index contributed by atoms with van der Waals surface area (Å²) in [5.74, 6) is -0.769. The molecule has 0 radical (unpaired) electrons. The van der Waals surface area contributed by atoms with Crippen LogP contribution in [-0.4, -0.2) is 20.3 Å². The van der Waals surface area contributed by atoms with Gasteiger partial charge in [0.25, 0.3) is 5.91 Å². The average molecular weight is 409 g/mol. The van der Waals surface area contributed by atoms with E-state index < -0.39 is 5.82 Å². The minimum absolute atomic E-state index is 0.340. The van der Waals surface area contributed by atoms with Crippen LogP contribution in [0.5, 0.6) is 0 Å². The Labute approximate surface area is 176 Å². The van der Waals surface area contributed by atoms with Crippen molar-refractivity contribution >= 4 is 39.3 Å². The van der Waals surface area contributed by atoms with Gasteiger partial charge in [-0.1, -0.05) is 12.1 Å². The molecule has 1 N–H and O–H groups in total. The van der Waals surface area contributed by atoms with E-state index in [0.29, 0.717) is 44.5 Å². The normalized spacial score (nSPS) is 10.5. The molecule has 2 aromatic carbocycles. The van der Waals surface area contributed by atoms with Gasteiger partial charge in [-0.05, 0) is 48.5 Å². The maximum absolute atomic E-state index is 13.1. The largest absolute Gasteiger partial charge is 0.321 e. The van der Waals surface area contributed by atoms with Gasteiger partial charge in [0.05, 0.1) is 22.2 Å². The highest BCUT2D eigenvalue weighted by atomic mass is 19.1. The Morgan fingerprint density at radius 3 is 2.35 bits per heavy atom. The Balaban J connectivity index is 0.00000112. The molecule has 5 aromatic rings. The van der Waals surface area contributed by atoms with Gasteiger partial charge < -0.3 is 5.32 Å². The third kappa shape index (κ3) is 3.47. The second-order valence-electron chi connectivity index (χ2n) is 6.51. The zero-order valence-corrected chi connectivity index (χ0v) is 16.3. The van der Waals surface area contributed by atoms with Crippen LogP contribution in [0.4, 0.5) is 10.1 Å². The van der Waals surface area contributed by atoms with Gasteiger partial charge in [0.1, 0.15) is 23.0 Å². The number of benzene rings is 2. The molecule has 0 aliphatic rings. The number of nitrogens with zero attached hydrogens (tertiary/aromatic N) is 4. The van der Waals surface area contributed by atoms with E-state index >= 15 is 0 Å². The molecular formula is C24H16FN5O. The molecule has 0 fully saturated rings. The first-order valence-electron chi connectivity index (χ1n) is 9.31. The number of hydrogen-bond acceptors (Lipinski definition) is 4. The summed E-state index contributed by atoms with van der Waals surface area (Å²) in [6, 6.07) is 18.4. The standard InChI is InChI=1S/C22H12FN5O.C2H4/c23-14-7-5-13(6-8-14)22(29)25-15-9-10-19-16(11-24)20-21(28(19)12-15)27-18-4-2-1-3-17(18)26-20;1-2/h1-10,12H,(H,25,29);1-2H2. The first-order chi connectivity index (χ1) is 15.1. The third-order valence-corrected chi connectivity index (χ3v) is 4.70. The fourth-order valence-corrected chi connectivity index (χ4v) is 3.32. The van der Waals surface area contributed by atoms with E-state index in [4.69, 9.17) is 0 Å². The van der Waals surface area contributed by atoms with Crippen LogP contribution in [0.2, 0.25) is 0 Å². The molecule has 0 aliphatic heterocycles. The fourth-order valence-electron chi connectivity index (χ4n) is 3.32. The average Bonchev–Trinajstić information content (AvgIpc) is 3.11. The highest BCUT2D eigenvalue weighted by molar-refractivity contribution is 6.04. The van der Waals surface area contributed by atoms with E-state index in [9.17, 15) is 14.4 Å². The Morgan fingerprint density at radius 1 is 1.00 bits per heavy atom. The van der Waals surface area contributed by atoms with Crippen LogP contribution in [0.3, 0.4) is 0 Å². The van der Waals surface area contributed by atoms with Crippen LogP contribution in [0.1, 0.15) is 15.9 Å². The van der Waals surface area contributed by atoms with E-state index in [1.54, 1.807) is 22.7 Å². The Bertz CT molecular complexity index is 1480. The summed E-state index contributed by atoms with van der Waals surface area (Å²) in [6.07, 6.45) is 1.70. The molecule has 150 valence electrons. The lowest BCUT2D eigenvalue weighted by atomic mass is 10.2. The van der Waals surface area contributed by atoms with Crippen molar-refractivity contribution in [1.29, 1.82) is 5.26 Å². The summed E-state index contributed by atoms with van der Waals surface area (Å²) in [5, 5.41) is 12.4. The number of carbonyl (C=O) groups is 1. The van der Waals surface area contributed by atoms with E-state index in [-0.39, 0.29) is 5.91 Å². The van der Waals surface area contributed by atoms with Crippen molar-refractivity contribution in [2.75, 3.05) is 5.32 Å². The van der Waals surface area contributed by atoms with Crippen molar-refractivity contribution in [3.05, 3.63) is 97.0 Å². The van der Waals surface area contributed by atoms with Gasteiger partial charge in [0.2, 0.25) is 0 Å². The summed E-state index contributed by atoms with van der Waals surface area (Å²) < 4.78 is 14.8. The highest BCUT2D eigenvalue weighted by Crippen LogP contribution is 2.27. The molecule has 0 bridgehead atoms. The number of anilines is 1. The summed E-state index contributed by atoms with van der Waals surface area (Å²) in [7, 11) is 0. The maximum Gasteiger partial charge on any atom is 0.255 e. The zero-order chi connectivity index (χ0) is 22.0. The second kappa shape index (κ2) is 8.05. The fraction of sp³-hybridized carbons (Fsp3) is 0. The van der Waals surface area contributed by atoms with Gasteiger partial charge in [-0.2, -0.15) is 5.26 Å². The molecular weight excluding hydrogens is 393 g/mol. The van der Waals surface area contributed by atoms with Gasteiger partial charge >= 0.3 is 0 Å². The number of aromatic nitrogens is 3. The van der Waals surface area contributed by atoms with Crippen LogP contribution in [-0.2, 0) is 0 Å². The lowest BCUT2D eigenvalue weighted by Crippen LogP contribution is -2.12. The minimum Gasteiger partial charge on any atom is -0.321 e. The Morgan fingerprint density at radius 2 is 1.68 bits per heavy atom. The minimum atomic E-state index is -0.406. The van der Waals surface area contributed by atoms with Crippen molar-refractivity contribution in [1.82, 2.24) is 14.4 Å². The number of amides is 1. The highest BCUT2D eigenvalue weighted by Gasteiger charge is 2.16. The monoisotopic (exact) mass is 409 g/mol. The van der Waals surface area contributed by atoms with Crippen molar-refractivity contribution in [3.63, 3.8) is 0 Å². The van der Waals surface area contributed by atoms with Crippen LogP contribution in [0.15, 0.2) is 80.0 Å². The number of fused-ring (bicyclic) bond motifs is 4. The number of pyridine rings is 1. The molecule has 0 saturated carbocycles. The summed E-state index contributed by atoms with van der Waals surface area (Å²) in [4.78, 5) is 21.7. The molecule has 1 amide bonds. The topological polar surface area (TPSA) is 83.1 Å². The molecule has 3 heterocycles. The summed E-state index contributed by atoms with van der Waals surface area (Å²) in [5.41, 5.74) is 4.39. The molecule has 3 aromatic heterocycles. The molecule has 5 rings (SSSR count). The summed E-state index contributed by atoms with van der Waals surface area (Å²) >= 11 is 0. The molecule has 0 atom stereocenters. The van der Waals surface area contributed by atoms with Crippen LogP contribution >= 0.6 is 0 Å². The Hall–Kier alpha value is -4.57. The first-order valence-corrected chi connectivity index (χ1v) is 9.31. The summed E-state index contributed by atoms with van der Waals surface area (Å²) in [6.45, 7) is 6.00. The van der Waals surface area contributed by atoms with Gasteiger partial charge in [-0.3, -0.25) is 9.20 Å². The SMILES string of the molecule is C=C.N#Cc1c2nc3ccccc3nc2n2cc(NC(=O)c3ccc(F)cc3)ccc12. The van der Waals surface area contributed by atoms with Crippen molar-refractivity contribution in [2.45, 2.75) is 0 Å².